The molecule has 0 radical (unpaired) electrons. The molecule has 0 aliphatic carbocycles. The first-order valence-corrected chi connectivity index (χ1v) is 10.3. The van der Waals surface area contributed by atoms with Crippen LogP contribution in [0, 0.1) is 0 Å². The summed E-state index contributed by atoms with van der Waals surface area (Å²) in [7, 11) is -3.39. The Bertz CT molecular complexity index is 644. The largest absolute Gasteiger partial charge is 0.376 e. The number of piperidine rings is 1. The number of ether oxygens (including phenoxy) is 1. The normalized spacial score (nSPS) is 25.6. The van der Waals surface area contributed by atoms with Crippen molar-refractivity contribution in [1.29, 1.82) is 0 Å². The standard InChI is InChI=1S/C16H23BrN2O3S/c1-13-12-18(9-10-22-13)15-5-7-19(8-6-15)23(20,21)16-4-2-3-14(17)11-16/h2-4,11,13,15H,5-10,12H2,1H3. The van der Waals surface area contributed by atoms with E-state index in [-0.39, 0.29) is 6.10 Å². The second kappa shape index (κ2) is 7.19. The second-order valence-corrected chi connectivity index (χ2v) is 9.12. The predicted molar refractivity (Wildman–Crippen MR) is 92.9 cm³/mol. The molecule has 128 valence electrons. The van der Waals surface area contributed by atoms with Crippen LogP contribution in [0.15, 0.2) is 33.6 Å². The van der Waals surface area contributed by atoms with Crippen LogP contribution < -0.4 is 0 Å². The number of rotatable bonds is 3. The molecule has 0 spiro atoms. The lowest BCUT2D eigenvalue weighted by Gasteiger charge is -2.41. The molecule has 0 aromatic heterocycles. The lowest BCUT2D eigenvalue weighted by Crippen LogP contribution is -2.51. The Balaban J connectivity index is 1.64. The van der Waals surface area contributed by atoms with Crippen LogP contribution in [0.5, 0.6) is 0 Å². The van der Waals surface area contributed by atoms with Gasteiger partial charge < -0.3 is 4.74 Å². The molecule has 1 atom stereocenters. The van der Waals surface area contributed by atoms with Gasteiger partial charge in [0, 0.05) is 36.7 Å². The van der Waals surface area contributed by atoms with Crippen molar-refractivity contribution in [2.75, 3.05) is 32.8 Å². The number of halogens is 1. The van der Waals surface area contributed by atoms with Gasteiger partial charge in [0.2, 0.25) is 10.0 Å². The summed E-state index contributed by atoms with van der Waals surface area (Å²) in [6, 6.07) is 7.40. The van der Waals surface area contributed by atoms with Gasteiger partial charge in [-0.2, -0.15) is 4.31 Å². The summed E-state index contributed by atoms with van der Waals surface area (Å²) >= 11 is 3.34. The third-order valence-electron chi connectivity index (χ3n) is 4.65. The third kappa shape index (κ3) is 3.96. The van der Waals surface area contributed by atoms with Crippen LogP contribution in [0.4, 0.5) is 0 Å². The summed E-state index contributed by atoms with van der Waals surface area (Å²) in [5.74, 6) is 0. The summed E-state index contributed by atoms with van der Waals surface area (Å²) in [5, 5.41) is 0. The Kier molecular flexibility index (Phi) is 5.42. The maximum atomic E-state index is 12.7. The minimum atomic E-state index is -3.39. The highest BCUT2D eigenvalue weighted by molar-refractivity contribution is 9.10. The molecule has 0 bridgehead atoms. The van der Waals surface area contributed by atoms with Crippen molar-refractivity contribution in [2.24, 2.45) is 0 Å². The van der Waals surface area contributed by atoms with Crippen molar-refractivity contribution < 1.29 is 13.2 Å². The van der Waals surface area contributed by atoms with Crippen molar-refractivity contribution in [3.63, 3.8) is 0 Å². The summed E-state index contributed by atoms with van der Waals surface area (Å²) < 4.78 is 33.5. The molecule has 2 aliphatic rings. The topological polar surface area (TPSA) is 49.9 Å². The van der Waals surface area contributed by atoms with Crippen LogP contribution in [0.1, 0.15) is 19.8 Å². The van der Waals surface area contributed by atoms with E-state index in [1.165, 1.54) is 0 Å². The molecule has 2 aliphatic heterocycles. The van der Waals surface area contributed by atoms with Gasteiger partial charge in [0.1, 0.15) is 0 Å². The lowest BCUT2D eigenvalue weighted by atomic mass is 10.0. The molecule has 3 rings (SSSR count). The molecule has 1 unspecified atom stereocenters. The van der Waals surface area contributed by atoms with Crippen LogP contribution >= 0.6 is 15.9 Å². The second-order valence-electron chi connectivity index (χ2n) is 6.27. The van der Waals surface area contributed by atoms with E-state index in [0.717, 1.165) is 37.0 Å². The highest BCUT2D eigenvalue weighted by Crippen LogP contribution is 2.25. The van der Waals surface area contributed by atoms with E-state index in [1.807, 2.05) is 6.07 Å². The monoisotopic (exact) mass is 402 g/mol. The van der Waals surface area contributed by atoms with Crippen LogP contribution in [0.25, 0.3) is 0 Å². The molecule has 2 saturated heterocycles. The number of hydrogen-bond donors (Lipinski definition) is 0. The van der Waals surface area contributed by atoms with E-state index in [2.05, 4.69) is 27.8 Å². The Morgan fingerprint density at radius 1 is 1.22 bits per heavy atom. The first kappa shape index (κ1) is 17.4. The van der Waals surface area contributed by atoms with Crippen LogP contribution in [0.2, 0.25) is 0 Å². The fraction of sp³-hybridized carbons (Fsp3) is 0.625. The molecule has 0 saturated carbocycles. The summed E-state index contributed by atoms with van der Waals surface area (Å²) in [6.07, 6.45) is 2.05. The van der Waals surface area contributed by atoms with Gasteiger partial charge in [-0.05, 0) is 38.0 Å². The van der Waals surface area contributed by atoms with Crippen molar-refractivity contribution >= 4 is 26.0 Å². The zero-order valence-corrected chi connectivity index (χ0v) is 15.7. The number of morpholine rings is 1. The molecule has 7 heteroatoms. The smallest absolute Gasteiger partial charge is 0.243 e. The van der Waals surface area contributed by atoms with Crippen molar-refractivity contribution in [3.05, 3.63) is 28.7 Å². The molecule has 2 heterocycles. The molecule has 5 nitrogen and oxygen atoms in total. The highest BCUT2D eigenvalue weighted by atomic mass is 79.9. The minimum absolute atomic E-state index is 0.271. The van der Waals surface area contributed by atoms with Gasteiger partial charge in [-0.25, -0.2) is 8.42 Å². The Morgan fingerprint density at radius 3 is 2.61 bits per heavy atom. The van der Waals surface area contributed by atoms with Crippen molar-refractivity contribution in [1.82, 2.24) is 9.21 Å². The fourth-order valence-electron chi connectivity index (χ4n) is 3.40. The Hall–Kier alpha value is -0.470. The average Bonchev–Trinajstić information content (AvgIpc) is 2.55. The number of nitrogens with zero attached hydrogens (tertiary/aromatic N) is 2. The maximum Gasteiger partial charge on any atom is 0.243 e. The minimum Gasteiger partial charge on any atom is -0.376 e. The van der Waals surface area contributed by atoms with E-state index in [0.29, 0.717) is 24.0 Å². The first-order chi connectivity index (χ1) is 11.0. The molecule has 2 fully saturated rings. The van der Waals surface area contributed by atoms with Crippen LogP contribution in [0.3, 0.4) is 0 Å². The van der Waals surface area contributed by atoms with Gasteiger partial charge in [-0.3, -0.25) is 4.90 Å². The van der Waals surface area contributed by atoms with Gasteiger partial charge in [-0.15, -0.1) is 0 Å². The van der Waals surface area contributed by atoms with E-state index in [4.69, 9.17) is 4.74 Å². The Morgan fingerprint density at radius 2 is 1.96 bits per heavy atom. The van der Waals surface area contributed by atoms with Gasteiger partial charge in [0.15, 0.2) is 0 Å². The van der Waals surface area contributed by atoms with Crippen LogP contribution in [-0.4, -0.2) is 62.6 Å². The van der Waals surface area contributed by atoms with E-state index in [1.54, 1.807) is 22.5 Å². The summed E-state index contributed by atoms with van der Waals surface area (Å²) in [6.45, 7) is 5.95. The van der Waals surface area contributed by atoms with Gasteiger partial charge in [-0.1, -0.05) is 22.0 Å². The fourth-order valence-corrected chi connectivity index (χ4v) is 5.47. The SMILES string of the molecule is CC1CN(C2CCN(S(=O)(=O)c3cccc(Br)c3)CC2)CCO1. The van der Waals surface area contributed by atoms with Gasteiger partial charge in [0.05, 0.1) is 17.6 Å². The summed E-state index contributed by atoms with van der Waals surface area (Å²) in [5.41, 5.74) is 0. The van der Waals surface area contributed by atoms with Crippen molar-refractivity contribution in [3.8, 4) is 0 Å². The van der Waals surface area contributed by atoms with Gasteiger partial charge >= 0.3 is 0 Å². The number of benzene rings is 1. The third-order valence-corrected chi connectivity index (χ3v) is 7.03. The Labute approximate surface area is 146 Å². The molecule has 1 aromatic carbocycles. The van der Waals surface area contributed by atoms with Crippen LogP contribution in [-0.2, 0) is 14.8 Å². The molecule has 0 amide bonds. The summed E-state index contributed by atoms with van der Waals surface area (Å²) in [4.78, 5) is 2.82. The van der Waals surface area contributed by atoms with E-state index >= 15 is 0 Å². The molecule has 1 aromatic rings. The molecular weight excluding hydrogens is 380 g/mol. The molecule has 23 heavy (non-hydrogen) atoms. The molecule has 0 N–H and O–H groups in total. The van der Waals surface area contributed by atoms with Gasteiger partial charge in [0.25, 0.3) is 0 Å². The van der Waals surface area contributed by atoms with E-state index < -0.39 is 10.0 Å². The molecular formula is C16H23BrN2O3S. The zero-order valence-electron chi connectivity index (χ0n) is 13.3. The average molecular weight is 403 g/mol. The predicted octanol–water partition coefficient (Wildman–Crippen LogP) is 2.32. The number of sulfonamides is 1. The van der Waals surface area contributed by atoms with Crippen molar-refractivity contribution in [2.45, 2.75) is 36.8 Å². The first-order valence-electron chi connectivity index (χ1n) is 8.08. The quantitative estimate of drug-likeness (QED) is 0.778. The highest BCUT2D eigenvalue weighted by Gasteiger charge is 2.33. The number of hydrogen-bond acceptors (Lipinski definition) is 4. The van der Waals surface area contributed by atoms with E-state index in [9.17, 15) is 8.42 Å². The maximum absolute atomic E-state index is 12.7. The lowest BCUT2D eigenvalue weighted by molar-refractivity contribution is -0.0406. The zero-order chi connectivity index (χ0) is 16.4.